The van der Waals surface area contributed by atoms with E-state index in [0.717, 1.165) is 0 Å². The highest BCUT2D eigenvalue weighted by Gasteiger charge is 2.20. The summed E-state index contributed by atoms with van der Waals surface area (Å²) in [7, 11) is 0. The Balaban J connectivity index is 1.41. The van der Waals surface area contributed by atoms with Crippen molar-refractivity contribution in [3.05, 3.63) is 107 Å². The highest BCUT2D eigenvalue weighted by molar-refractivity contribution is 6.34. The van der Waals surface area contributed by atoms with Crippen molar-refractivity contribution < 1.29 is 14.0 Å². The molecule has 0 aliphatic heterocycles. The minimum absolute atomic E-state index is 0.0946. The van der Waals surface area contributed by atoms with Crippen LogP contribution < -0.4 is 10.6 Å². The smallest absolute Gasteiger partial charge is 0.271 e. The number of anilines is 1. The molecule has 3 aromatic heterocycles. The predicted molar refractivity (Wildman–Crippen MR) is 139 cm³/mol. The molecule has 10 nitrogen and oxygen atoms in total. The predicted octanol–water partition coefficient (Wildman–Crippen LogP) is 4.07. The van der Waals surface area contributed by atoms with Crippen LogP contribution in [0.15, 0.2) is 79.1 Å². The average Bonchev–Trinajstić information content (AvgIpc) is 3.60. The molecule has 5 rings (SSSR count). The number of hydrogen-bond acceptors (Lipinski definition) is 6. The number of benzene rings is 2. The fourth-order valence-electron chi connectivity index (χ4n) is 3.72. The SMILES string of the molecule is O=C(NCCc1c[nH]nn1)c1cc(NC(=O)c2cc(-c3ncccc3F)ccc2Cl)n(-c2ccccc2)n1. The molecular weight excluding hydrogens is 511 g/mol. The molecule has 38 heavy (non-hydrogen) atoms. The number of nitrogens with one attached hydrogen (secondary N) is 3. The van der Waals surface area contributed by atoms with E-state index in [0.29, 0.717) is 29.9 Å². The van der Waals surface area contributed by atoms with Crippen LogP contribution in [-0.4, -0.2) is 48.5 Å². The maximum atomic E-state index is 14.3. The van der Waals surface area contributed by atoms with Gasteiger partial charge in [0.05, 0.1) is 22.0 Å². The van der Waals surface area contributed by atoms with Gasteiger partial charge in [-0.05, 0) is 36.4 Å². The Morgan fingerprint density at radius 3 is 2.63 bits per heavy atom. The highest BCUT2D eigenvalue weighted by atomic mass is 35.5. The molecule has 0 saturated carbocycles. The molecule has 3 heterocycles. The van der Waals surface area contributed by atoms with Gasteiger partial charge in [-0.1, -0.05) is 41.1 Å². The van der Waals surface area contributed by atoms with Gasteiger partial charge < -0.3 is 10.6 Å². The molecule has 12 heteroatoms. The van der Waals surface area contributed by atoms with Crippen molar-refractivity contribution in [1.29, 1.82) is 0 Å². The summed E-state index contributed by atoms with van der Waals surface area (Å²) in [5.41, 5.74) is 2.02. The summed E-state index contributed by atoms with van der Waals surface area (Å²) >= 11 is 6.32. The summed E-state index contributed by atoms with van der Waals surface area (Å²) in [4.78, 5) is 30.2. The van der Waals surface area contributed by atoms with Crippen molar-refractivity contribution >= 4 is 29.2 Å². The second-order valence-corrected chi connectivity index (χ2v) is 8.52. The quantitative estimate of drug-likeness (QED) is 0.277. The van der Waals surface area contributed by atoms with Crippen LogP contribution in [0.2, 0.25) is 5.02 Å². The van der Waals surface area contributed by atoms with E-state index in [9.17, 15) is 14.0 Å². The number of para-hydroxylation sites is 1. The molecule has 0 saturated heterocycles. The first-order chi connectivity index (χ1) is 18.5. The number of carbonyl (C=O) groups excluding carboxylic acids is 2. The third-order valence-electron chi connectivity index (χ3n) is 5.56. The monoisotopic (exact) mass is 530 g/mol. The fraction of sp³-hybridized carbons (Fsp3) is 0.0769. The molecule has 190 valence electrons. The number of rotatable bonds is 8. The van der Waals surface area contributed by atoms with Crippen LogP contribution >= 0.6 is 11.6 Å². The number of pyridine rings is 1. The van der Waals surface area contributed by atoms with Gasteiger partial charge in [-0.15, -0.1) is 5.10 Å². The molecule has 0 spiro atoms. The Morgan fingerprint density at radius 1 is 1.03 bits per heavy atom. The van der Waals surface area contributed by atoms with Crippen LogP contribution in [0.25, 0.3) is 16.9 Å². The standard InChI is InChI=1S/C26H20ClFN8O2/c27-20-9-8-16(24-21(28)7-4-11-29-24)13-19(20)25(37)32-23-14-22(34-36(23)18-5-2-1-3-6-18)26(38)30-12-10-17-15-31-35-33-17/h1-9,11,13-15H,10,12H2,(H,30,38)(H,32,37)(H,31,33,35). The zero-order chi connectivity index (χ0) is 26.5. The number of aromatic amines is 1. The van der Waals surface area contributed by atoms with E-state index in [4.69, 9.17) is 11.6 Å². The second-order valence-electron chi connectivity index (χ2n) is 8.12. The number of H-pyrrole nitrogens is 1. The van der Waals surface area contributed by atoms with Gasteiger partial charge in [-0.3, -0.25) is 19.7 Å². The highest BCUT2D eigenvalue weighted by Crippen LogP contribution is 2.27. The first-order valence-electron chi connectivity index (χ1n) is 11.5. The van der Waals surface area contributed by atoms with E-state index >= 15 is 0 Å². The number of aromatic nitrogens is 6. The van der Waals surface area contributed by atoms with Crippen molar-refractivity contribution in [2.24, 2.45) is 0 Å². The van der Waals surface area contributed by atoms with Crippen molar-refractivity contribution in [2.75, 3.05) is 11.9 Å². The van der Waals surface area contributed by atoms with Gasteiger partial charge in [0.2, 0.25) is 0 Å². The van der Waals surface area contributed by atoms with Crippen LogP contribution in [0.1, 0.15) is 26.5 Å². The van der Waals surface area contributed by atoms with Crippen LogP contribution in [-0.2, 0) is 6.42 Å². The molecule has 0 unspecified atom stereocenters. The Bertz CT molecular complexity index is 1590. The van der Waals surface area contributed by atoms with Gasteiger partial charge in [-0.25, -0.2) is 9.07 Å². The molecule has 0 aliphatic carbocycles. The van der Waals surface area contributed by atoms with E-state index < -0.39 is 17.6 Å². The third kappa shape index (κ3) is 5.42. The second kappa shape index (κ2) is 11.0. The lowest BCUT2D eigenvalue weighted by Crippen LogP contribution is -2.26. The van der Waals surface area contributed by atoms with E-state index in [1.165, 1.54) is 41.2 Å². The third-order valence-corrected chi connectivity index (χ3v) is 5.89. The number of hydrogen-bond donors (Lipinski definition) is 3. The summed E-state index contributed by atoms with van der Waals surface area (Å²) in [6, 6.07) is 17.8. The summed E-state index contributed by atoms with van der Waals surface area (Å²) < 4.78 is 15.7. The number of carbonyl (C=O) groups is 2. The molecule has 3 N–H and O–H groups in total. The number of halogens is 2. The molecule has 0 bridgehead atoms. The Kier molecular flexibility index (Phi) is 7.18. The van der Waals surface area contributed by atoms with Gasteiger partial charge in [0.15, 0.2) is 5.69 Å². The Labute approximate surface area is 220 Å². The first kappa shape index (κ1) is 24.8. The maximum absolute atomic E-state index is 14.3. The molecule has 0 fully saturated rings. The van der Waals surface area contributed by atoms with E-state index in [1.807, 2.05) is 18.2 Å². The molecule has 5 aromatic rings. The van der Waals surface area contributed by atoms with Crippen molar-refractivity contribution in [3.63, 3.8) is 0 Å². The molecule has 2 aromatic carbocycles. The largest absolute Gasteiger partial charge is 0.350 e. The first-order valence-corrected chi connectivity index (χ1v) is 11.9. The lowest BCUT2D eigenvalue weighted by atomic mass is 10.1. The molecule has 0 aliphatic rings. The lowest BCUT2D eigenvalue weighted by molar-refractivity contribution is 0.0947. The maximum Gasteiger partial charge on any atom is 0.271 e. The van der Waals surface area contributed by atoms with Gasteiger partial charge in [0, 0.05) is 37.0 Å². The molecular formula is C26H20ClFN8O2. The molecule has 2 amide bonds. The van der Waals surface area contributed by atoms with Gasteiger partial charge in [-0.2, -0.15) is 5.10 Å². The summed E-state index contributed by atoms with van der Waals surface area (Å²) in [5.74, 6) is -1.27. The summed E-state index contributed by atoms with van der Waals surface area (Å²) in [6.07, 6.45) is 3.59. The normalized spacial score (nSPS) is 10.8. The minimum Gasteiger partial charge on any atom is -0.350 e. The summed E-state index contributed by atoms with van der Waals surface area (Å²) in [5, 5.41) is 20.3. The van der Waals surface area contributed by atoms with E-state index in [2.05, 4.69) is 36.1 Å². The average molecular weight is 531 g/mol. The summed E-state index contributed by atoms with van der Waals surface area (Å²) in [6.45, 7) is 0.317. The van der Waals surface area contributed by atoms with Crippen LogP contribution in [0.5, 0.6) is 0 Å². The van der Waals surface area contributed by atoms with Crippen molar-refractivity contribution in [1.82, 2.24) is 35.5 Å². The number of amides is 2. The van der Waals surface area contributed by atoms with Crippen LogP contribution in [0.3, 0.4) is 0 Å². The van der Waals surface area contributed by atoms with Gasteiger partial charge in [0.25, 0.3) is 11.8 Å². The van der Waals surface area contributed by atoms with Crippen molar-refractivity contribution in [2.45, 2.75) is 6.42 Å². The Morgan fingerprint density at radius 2 is 1.87 bits per heavy atom. The Hall–Kier alpha value is -4.90. The molecule has 0 atom stereocenters. The van der Waals surface area contributed by atoms with E-state index in [-0.39, 0.29) is 27.8 Å². The van der Waals surface area contributed by atoms with Gasteiger partial charge >= 0.3 is 0 Å². The van der Waals surface area contributed by atoms with Gasteiger partial charge in [0.1, 0.15) is 17.3 Å². The zero-order valence-electron chi connectivity index (χ0n) is 19.7. The topological polar surface area (TPSA) is 130 Å². The van der Waals surface area contributed by atoms with Crippen LogP contribution in [0.4, 0.5) is 10.2 Å². The van der Waals surface area contributed by atoms with Crippen molar-refractivity contribution in [3.8, 4) is 16.9 Å². The van der Waals surface area contributed by atoms with Crippen LogP contribution in [0, 0.1) is 5.82 Å². The molecule has 0 radical (unpaired) electrons. The zero-order valence-corrected chi connectivity index (χ0v) is 20.5. The fourth-order valence-corrected chi connectivity index (χ4v) is 3.92. The number of nitrogens with zero attached hydrogens (tertiary/aromatic N) is 5. The van der Waals surface area contributed by atoms with E-state index in [1.54, 1.807) is 24.4 Å². The minimum atomic E-state index is -0.566. The lowest BCUT2D eigenvalue weighted by Gasteiger charge is -2.11.